The molecule has 4 amide bonds. The number of aryl methyl sites for hydroxylation is 1. The summed E-state index contributed by atoms with van der Waals surface area (Å²) in [6.07, 6.45) is 8.27. The number of carboxylic acid groups (broad SMARTS) is 4. The Balaban J connectivity index is 0.000000165. The van der Waals surface area contributed by atoms with Crippen LogP contribution in [0.3, 0.4) is 0 Å². The monoisotopic (exact) mass is 1800 g/mol. The lowest BCUT2D eigenvalue weighted by molar-refractivity contribution is -0.134. The van der Waals surface area contributed by atoms with Crippen LogP contribution in [0.4, 0.5) is 5.69 Å². The SMILES string of the molecule is CC1=C(C(=O)O)C(c2cccc(Cl)c2)C(C(=O)N2CCN(c3ccccc3)CC2)=C(C)N1.CC1=C(C(=O)O)C(c2cccc(Cl)c2)C(C(=O)NC2CCN(Cc3ccccc3)CC2)=C(C)N1.CCC1=C(C(=O)NC/C=C/c2ccccc2)C(c2cccc(Cl)c2)C(C(=O)O)=C(C)N1.CCC1=C(C(=O)NCCCc2ccccc2)C(c2cccc(Cl)c2)C(C(=O)O)=C(C)N1. The largest absolute Gasteiger partial charge is 0.478 e. The van der Waals surface area contributed by atoms with E-state index in [4.69, 9.17) is 46.4 Å². The van der Waals surface area contributed by atoms with E-state index in [0.717, 1.165) is 75.4 Å². The summed E-state index contributed by atoms with van der Waals surface area (Å²) in [5.41, 5.74) is 14.7. The lowest BCUT2D eigenvalue weighted by Gasteiger charge is -2.38. The zero-order valence-corrected chi connectivity index (χ0v) is 75.9. The molecule has 0 radical (unpaired) electrons. The van der Waals surface area contributed by atoms with Gasteiger partial charge in [0.2, 0.25) is 17.7 Å². The number of carboxylic acids is 4. The van der Waals surface area contributed by atoms with Crippen molar-refractivity contribution in [1.82, 2.24) is 47.0 Å². The molecule has 0 saturated carbocycles. The summed E-state index contributed by atoms with van der Waals surface area (Å²) < 4.78 is 0. The van der Waals surface area contributed by atoms with Crippen molar-refractivity contribution < 1.29 is 58.8 Å². The van der Waals surface area contributed by atoms with Gasteiger partial charge in [-0.15, -0.1) is 0 Å². The predicted octanol–water partition coefficient (Wildman–Crippen LogP) is 18.1. The van der Waals surface area contributed by atoms with E-state index in [9.17, 15) is 58.8 Å². The van der Waals surface area contributed by atoms with Gasteiger partial charge < -0.3 is 67.4 Å². The van der Waals surface area contributed by atoms with Crippen molar-refractivity contribution in [3.05, 3.63) is 374 Å². The number of carbonyl (C=O) groups excluding carboxylic acids is 4. The number of halogens is 4. The van der Waals surface area contributed by atoms with Crippen LogP contribution in [0.2, 0.25) is 20.1 Å². The fourth-order valence-corrected chi connectivity index (χ4v) is 18.0. The number of allylic oxidation sites excluding steroid dienone is 8. The normalized spacial score (nSPS) is 17.9. The lowest BCUT2D eigenvalue weighted by Crippen LogP contribution is -2.50. The molecule has 6 aliphatic heterocycles. The number of amides is 4. The van der Waals surface area contributed by atoms with E-state index in [1.54, 1.807) is 107 Å². The van der Waals surface area contributed by atoms with Crippen LogP contribution < -0.4 is 42.1 Å². The maximum Gasteiger partial charge on any atom is 0.334 e. The summed E-state index contributed by atoms with van der Waals surface area (Å²) >= 11 is 24.8. The number of piperazine rings is 1. The van der Waals surface area contributed by atoms with Crippen molar-refractivity contribution in [2.24, 2.45) is 0 Å². The van der Waals surface area contributed by atoms with Gasteiger partial charge in [0.1, 0.15) is 0 Å². The number of aliphatic carboxylic acids is 4. The van der Waals surface area contributed by atoms with Crippen LogP contribution in [0.25, 0.3) is 6.08 Å². The van der Waals surface area contributed by atoms with Crippen LogP contribution in [-0.2, 0) is 51.3 Å². The highest BCUT2D eigenvalue weighted by atomic mass is 35.5. The molecule has 2 saturated heterocycles. The molecule has 6 heterocycles. The number of para-hydroxylation sites is 1. The molecule has 6 aliphatic rings. The zero-order chi connectivity index (χ0) is 91.8. The first-order valence-corrected chi connectivity index (χ1v) is 44.3. The van der Waals surface area contributed by atoms with E-state index in [1.807, 2.05) is 136 Å². The topological polar surface area (TPSA) is 311 Å². The molecule has 128 heavy (non-hydrogen) atoms. The van der Waals surface area contributed by atoms with E-state index in [0.29, 0.717) is 144 Å². The molecule has 666 valence electrons. The second-order valence-corrected chi connectivity index (χ2v) is 33.6. The Kier molecular flexibility index (Phi) is 34.2. The quantitative estimate of drug-likeness (QED) is 0.0237. The minimum absolute atomic E-state index is 0.0418. The third-order valence-corrected chi connectivity index (χ3v) is 24.2. The zero-order valence-electron chi connectivity index (χ0n) is 72.8. The molecular formula is C102H108Cl4N10O12. The number of nitrogens with one attached hydrogen (secondary N) is 7. The summed E-state index contributed by atoms with van der Waals surface area (Å²) in [4.78, 5) is 109. The van der Waals surface area contributed by atoms with Gasteiger partial charge in [-0.05, 0) is 180 Å². The van der Waals surface area contributed by atoms with Crippen LogP contribution in [0.1, 0.15) is 150 Å². The van der Waals surface area contributed by atoms with E-state index < -0.39 is 47.5 Å². The highest BCUT2D eigenvalue weighted by Crippen LogP contribution is 2.45. The van der Waals surface area contributed by atoms with Gasteiger partial charge in [-0.25, -0.2) is 19.2 Å². The lowest BCUT2D eigenvalue weighted by atomic mass is 9.79. The van der Waals surface area contributed by atoms with Crippen molar-refractivity contribution >= 4 is 106 Å². The van der Waals surface area contributed by atoms with E-state index >= 15 is 0 Å². The van der Waals surface area contributed by atoms with Gasteiger partial charge in [-0.1, -0.05) is 230 Å². The van der Waals surface area contributed by atoms with Gasteiger partial charge in [0.25, 0.3) is 5.91 Å². The molecule has 8 aromatic rings. The second kappa shape index (κ2) is 45.6. The Morgan fingerprint density at radius 3 is 1.18 bits per heavy atom. The van der Waals surface area contributed by atoms with Crippen molar-refractivity contribution in [1.29, 1.82) is 0 Å². The van der Waals surface area contributed by atoms with Crippen LogP contribution in [0.15, 0.2) is 315 Å². The highest BCUT2D eigenvalue weighted by Gasteiger charge is 2.43. The average molecular weight is 1810 g/mol. The molecular weight excluding hydrogens is 1700 g/mol. The number of piperidine rings is 1. The first kappa shape index (κ1) is 95.9. The van der Waals surface area contributed by atoms with Crippen LogP contribution in [0.5, 0.6) is 0 Å². The van der Waals surface area contributed by atoms with Gasteiger partial charge in [0.15, 0.2) is 0 Å². The minimum atomic E-state index is -1.07. The molecule has 22 nitrogen and oxygen atoms in total. The molecule has 0 aliphatic carbocycles. The van der Waals surface area contributed by atoms with Gasteiger partial charge in [-0.3, -0.25) is 24.1 Å². The van der Waals surface area contributed by atoms with Crippen molar-refractivity contribution in [2.75, 3.05) is 57.3 Å². The predicted molar refractivity (Wildman–Crippen MR) is 505 cm³/mol. The molecule has 8 aromatic carbocycles. The van der Waals surface area contributed by atoms with Crippen LogP contribution >= 0.6 is 46.4 Å². The molecule has 11 N–H and O–H groups in total. The summed E-state index contributed by atoms with van der Waals surface area (Å²) in [6, 6.07) is 68.6. The number of anilines is 1. The number of likely N-dealkylation sites (tertiary alicyclic amines) is 1. The Labute approximate surface area is 767 Å². The molecule has 0 aromatic heterocycles. The average Bonchev–Trinajstić information content (AvgIpc) is 0.748. The fourth-order valence-electron chi connectivity index (χ4n) is 17.2. The second-order valence-electron chi connectivity index (χ2n) is 31.9. The molecule has 0 bridgehead atoms. The van der Waals surface area contributed by atoms with E-state index in [1.165, 1.54) is 11.1 Å². The van der Waals surface area contributed by atoms with E-state index in [-0.39, 0.29) is 52.0 Å². The first-order valence-electron chi connectivity index (χ1n) is 42.8. The standard InChI is InChI=1S/C27H30ClN3O3.C25H26ClN3O3.C25H27ClN2O3.C25H25ClN2O3/c1-17-23(25(20-9-6-10-21(28)15-20)24(27(33)34)18(2)29-17)26(32)30-22-11-13-31(14-12-22)16-19-7-4-3-5-8-19;1-16-21(24(30)29-13-11-28(12-14-29)20-9-4-3-5-10-20)23(18-7-6-8-19(26)15-18)22(25(31)32)17(2)27-16;2*1-3-20-23(24(29)27-14-8-11-17-9-5-4-6-10-17)22(18-12-7-13-19(26)15-18)21(25(30)31)16(2)28-20/h3-10,15,22,25,29H,11-14,16H2,1-2H3,(H,30,32)(H,33,34);3-10,15,23,27H,11-14H2,1-2H3,(H,31,32);4-7,9-10,12-13,15,22,28H,3,8,11,14H2,1-2H3,(H,27,29)(H,30,31);4-13,15,22,28H,3,14H2,1-2H3,(H,27,29)(H,30,31)/b;;;11-8+. The minimum Gasteiger partial charge on any atom is -0.478 e. The van der Waals surface area contributed by atoms with Crippen molar-refractivity contribution in [3.63, 3.8) is 0 Å². The molecule has 4 atom stereocenters. The van der Waals surface area contributed by atoms with Crippen molar-refractivity contribution in [2.45, 2.75) is 130 Å². The summed E-state index contributed by atoms with van der Waals surface area (Å²) in [6.45, 7) is 20.5. The summed E-state index contributed by atoms with van der Waals surface area (Å²) in [7, 11) is 0. The van der Waals surface area contributed by atoms with E-state index in [2.05, 4.69) is 95.5 Å². The van der Waals surface area contributed by atoms with Crippen molar-refractivity contribution in [3.8, 4) is 0 Å². The Hall–Kier alpha value is -12.7. The van der Waals surface area contributed by atoms with Crippen LogP contribution in [0, 0.1) is 0 Å². The summed E-state index contributed by atoms with van der Waals surface area (Å²) in [5, 5.41) is 63.4. The maximum atomic E-state index is 13.7. The molecule has 14 rings (SSSR count). The van der Waals surface area contributed by atoms with Gasteiger partial charge in [0.05, 0.1) is 46.0 Å². The number of nitrogens with zero attached hydrogens (tertiary/aromatic N) is 3. The molecule has 0 spiro atoms. The number of rotatable bonds is 25. The first-order chi connectivity index (χ1) is 61.5. The Morgan fingerprint density at radius 2 is 0.766 bits per heavy atom. The molecule has 26 heteroatoms. The fraction of sp³-hybridized carbons (Fsp3) is 0.275. The van der Waals surface area contributed by atoms with Crippen LogP contribution in [-0.4, -0.2) is 136 Å². The van der Waals surface area contributed by atoms with Gasteiger partial charge >= 0.3 is 23.9 Å². The Morgan fingerprint density at radius 1 is 0.398 bits per heavy atom. The van der Waals surface area contributed by atoms with Gasteiger partial charge in [-0.2, -0.15) is 0 Å². The number of hydrogen-bond donors (Lipinski definition) is 11. The number of hydrogen-bond acceptors (Lipinski definition) is 14. The smallest absolute Gasteiger partial charge is 0.334 e. The maximum absolute atomic E-state index is 13.7. The number of dihydropyridines is 4. The third kappa shape index (κ3) is 24.5. The number of carbonyl (C=O) groups is 8. The Bertz CT molecular complexity index is 5730. The number of benzene rings is 8. The summed E-state index contributed by atoms with van der Waals surface area (Å²) in [5.74, 6) is -7.96. The molecule has 2 fully saturated rings. The highest BCUT2D eigenvalue weighted by molar-refractivity contribution is 6.31. The van der Waals surface area contributed by atoms with Gasteiger partial charge in [0, 0.05) is 159 Å². The third-order valence-electron chi connectivity index (χ3n) is 23.3. The molecule has 4 unspecified atom stereocenters.